The Hall–Kier alpha value is -1.82. The van der Waals surface area contributed by atoms with Gasteiger partial charge in [-0.3, -0.25) is 9.59 Å². The van der Waals surface area contributed by atoms with Crippen molar-refractivity contribution in [3.8, 4) is 0 Å². The van der Waals surface area contributed by atoms with Gasteiger partial charge in [-0.15, -0.1) is 0 Å². The lowest BCUT2D eigenvalue weighted by Gasteiger charge is -2.33. The summed E-state index contributed by atoms with van der Waals surface area (Å²) in [6, 6.07) is 3.22. The van der Waals surface area contributed by atoms with Crippen molar-refractivity contribution in [1.29, 1.82) is 0 Å². The molecule has 7 heteroatoms. The number of likely N-dealkylation sites (N-methyl/N-ethyl adjacent to an activating group) is 1. The van der Waals surface area contributed by atoms with Gasteiger partial charge in [-0.1, -0.05) is 11.6 Å². The fraction of sp³-hybridized carbons (Fsp3) is 0.417. The van der Waals surface area contributed by atoms with Gasteiger partial charge in [0.1, 0.15) is 5.82 Å². The molecule has 1 saturated heterocycles. The minimum absolute atomic E-state index is 0.200. The number of hydrogen-bond donors (Lipinski definition) is 1. The number of amides is 2. The van der Waals surface area contributed by atoms with Crippen LogP contribution in [-0.2, 0) is 16.1 Å². The van der Waals surface area contributed by atoms with Crippen LogP contribution >= 0.6 is 11.6 Å². The molecule has 0 bridgehead atoms. The average molecular weight is 283 g/mol. The van der Waals surface area contributed by atoms with Crippen molar-refractivity contribution in [2.24, 2.45) is 0 Å². The van der Waals surface area contributed by atoms with E-state index in [4.69, 9.17) is 17.3 Å². The van der Waals surface area contributed by atoms with Gasteiger partial charge in [0.25, 0.3) is 0 Å². The number of piperazine rings is 1. The van der Waals surface area contributed by atoms with Crippen molar-refractivity contribution in [2.45, 2.75) is 13.5 Å². The van der Waals surface area contributed by atoms with Crippen molar-refractivity contribution in [2.75, 3.05) is 25.4 Å². The van der Waals surface area contributed by atoms with Crippen molar-refractivity contribution >= 4 is 29.2 Å². The molecule has 102 valence electrons. The Bertz CT molecular complexity index is 520. The summed E-state index contributed by atoms with van der Waals surface area (Å²) in [4.78, 5) is 30.8. The molecule has 2 amide bonds. The van der Waals surface area contributed by atoms with E-state index in [0.29, 0.717) is 36.2 Å². The van der Waals surface area contributed by atoms with Crippen LogP contribution in [0.4, 0.5) is 5.82 Å². The zero-order chi connectivity index (χ0) is 14.0. The van der Waals surface area contributed by atoms with E-state index in [1.165, 1.54) is 9.80 Å². The number of nitrogens with two attached hydrogens (primary N) is 1. The fourth-order valence-corrected chi connectivity index (χ4v) is 2.13. The number of aromatic nitrogens is 1. The predicted molar refractivity (Wildman–Crippen MR) is 71.3 cm³/mol. The third-order valence-corrected chi connectivity index (χ3v) is 3.40. The number of nitrogens with zero attached hydrogens (tertiary/aromatic N) is 3. The first kappa shape index (κ1) is 13.6. The summed E-state index contributed by atoms with van der Waals surface area (Å²) in [7, 11) is 0. The van der Waals surface area contributed by atoms with Gasteiger partial charge in [0, 0.05) is 19.6 Å². The van der Waals surface area contributed by atoms with Crippen molar-refractivity contribution in [3.63, 3.8) is 0 Å². The zero-order valence-electron chi connectivity index (χ0n) is 10.6. The highest BCUT2D eigenvalue weighted by atomic mass is 35.5. The molecule has 2 rings (SSSR count). The standard InChI is InChI=1S/C12H15ClN4O2/c1-2-16-5-6-17(12(19)11(16)18)7-9-8(13)3-4-10(14)15-9/h3-4H,2,5-7H2,1H3,(H2,14,15). The molecule has 2 heterocycles. The first-order valence-corrected chi connectivity index (χ1v) is 6.39. The predicted octanol–water partition coefficient (Wildman–Crippen LogP) is 0.508. The first-order valence-electron chi connectivity index (χ1n) is 6.02. The van der Waals surface area contributed by atoms with E-state index in [0.717, 1.165) is 0 Å². The number of pyridine rings is 1. The maximum atomic E-state index is 11.9. The first-order chi connectivity index (χ1) is 9.02. The molecule has 2 N–H and O–H groups in total. The number of anilines is 1. The highest BCUT2D eigenvalue weighted by Crippen LogP contribution is 2.18. The van der Waals surface area contributed by atoms with E-state index in [9.17, 15) is 9.59 Å². The van der Waals surface area contributed by atoms with Gasteiger partial charge in [-0.25, -0.2) is 4.98 Å². The van der Waals surface area contributed by atoms with Crippen molar-refractivity contribution in [3.05, 3.63) is 22.8 Å². The van der Waals surface area contributed by atoms with Gasteiger partial charge in [-0.05, 0) is 19.1 Å². The van der Waals surface area contributed by atoms with Crippen molar-refractivity contribution in [1.82, 2.24) is 14.8 Å². The van der Waals surface area contributed by atoms with Crippen LogP contribution in [0.25, 0.3) is 0 Å². The Labute approximate surface area is 116 Å². The summed E-state index contributed by atoms with van der Waals surface area (Å²) in [5.74, 6) is -0.660. The van der Waals surface area contributed by atoms with E-state index in [1.807, 2.05) is 6.92 Å². The van der Waals surface area contributed by atoms with Gasteiger partial charge in [0.05, 0.1) is 17.3 Å². The van der Waals surface area contributed by atoms with E-state index in [-0.39, 0.29) is 6.54 Å². The molecule has 0 radical (unpaired) electrons. The number of rotatable bonds is 3. The molecular weight excluding hydrogens is 268 g/mol. The quantitative estimate of drug-likeness (QED) is 0.819. The van der Waals surface area contributed by atoms with E-state index < -0.39 is 11.8 Å². The smallest absolute Gasteiger partial charge is 0.312 e. The van der Waals surface area contributed by atoms with Crippen LogP contribution in [0.2, 0.25) is 5.02 Å². The SMILES string of the molecule is CCN1CCN(Cc2nc(N)ccc2Cl)C(=O)C1=O. The molecule has 0 unspecified atom stereocenters. The van der Waals surface area contributed by atoms with E-state index in [2.05, 4.69) is 4.98 Å². The summed E-state index contributed by atoms with van der Waals surface area (Å²) < 4.78 is 0. The number of carbonyl (C=O) groups excluding carboxylic acids is 2. The number of halogens is 1. The van der Waals surface area contributed by atoms with E-state index in [1.54, 1.807) is 12.1 Å². The lowest BCUT2D eigenvalue weighted by molar-refractivity contribution is -0.156. The van der Waals surface area contributed by atoms with Crippen LogP contribution in [0.1, 0.15) is 12.6 Å². The fourth-order valence-electron chi connectivity index (χ4n) is 1.96. The van der Waals surface area contributed by atoms with Crippen LogP contribution in [0.3, 0.4) is 0 Å². The largest absolute Gasteiger partial charge is 0.384 e. The Balaban J connectivity index is 2.14. The Morgan fingerprint density at radius 2 is 1.89 bits per heavy atom. The van der Waals surface area contributed by atoms with Gasteiger partial charge < -0.3 is 15.5 Å². The molecule has 0 aromatic carbocycles. The summed E-state index contributed by atoms with van der Waals surface area (Å²) in [6.45, 7) is 3.59. The number of carbonyl (C=O) groups is 2. The number of nitrogen functional groups attached to an aromatic ring is 1. The Morgan fingerprint density at radius 1 is 1.26 bits per heavy atom. The highest BCUT2D eigenvalue weighted by Gasteiger charge is 2.31. The van der Waals surface area contributed by atoms with Gasteiger partial charge in [0.15, 0.2) is 0 Å². The van der Waals surface area contributed by atoms with Crippen LogP contribution in [0.5, 0.6) is 0 Å². The normalized spacial score (nSPS) is 16.1. The number of hydrogen-bond acceptors (Lipinski definition) is 4. The topological polar surface area (TPSA) is 79.5 Å². The average Bonchev–Trinajstić information content (AvgIpc) is 2.39. The van der Waals surface area contributed by atoms with E-state index >= 15 is 0 Å². The zero-order valence-corrected chi connectivity index (χ0v) is 11.4. The van der Waals surface area contributed by atoms with Gasteiger partial charge in [-0.2, -0.15) is 0 Å². The highest BCUT2D eigenvalue weighted by molar-refractivity contribution is 6.35. The summed E-state index contributed by atoms with van der Waals surface area (Å²) in [6.07, 6.45) is 0. The maximum absolute atomic E-state index is 11.9. The van der Waals surface area contributed by atoms with Crippen LogP contribution in [0, 0.1) is 0 Å². The minimum Gasteiger partial charge on any atom is -0.384 e. The van der Waals surface area contributed by atoms with Gasteiger partial charge in [0.2, 0.25) is 0 Å². The second-order valence-corrected chi connectivity index (χ2v) is 4.68. The molecule has 0 atom stereocenters. The molecule has 1 aliphatic heterocycles. The molecule has 1 aromatic rings. The Kier molecular flexibility index (Phi) is 3.90. The molecule has 6 nitrogen and oxygen atoms in total. The Morgan fingerprint density at radius 3 is 2.58 bits per heavy atom. The lowest BCUT2D eigenvalue weighted by Crippen LogP contribution is -2.53. The summed E-state index contributed by atoms with van der Waals surface area (Å²) >= 11 is 6.00. The second-order valence-electron chi connectivity index (χ2n) is 4.28. The molecule has 19 heavy (non-hydrogen) atoms. The van der Waals surface area contributed by atoms with Crippen molar-refractivity contribution < 1.29 is 9.59 Å². The molecule has 0 saturated carbocycles. The minimum atomic E-state index is -0.520. The lowest BCUT2D eigenvalue weighted by atomic mass is 10.2. The van der Waals surface area contributed by atoms with Crippen LogP contribution < -0.4 is 5.73 Å². The second kappa shape index (κ2) is 5.44. The molecular formula is C12H15ClN4O2. The molecule has 0 aliphatic carbocycles. The molecule has 1 fully saturated rings. The molecule has 1 aromatic heterocycles. The molecule has 0 spiro atoms. The summed E-state index contributed by atoms with van der Waals surface area (Å²) in [5.41, 5.74) is 6.10. The third-order valence-electron chi connectivity index (χ3n) is 3.06. The molecule has 1 aliphatic rings. The van der Waals surface area contributed by atoms with Gasteiger partial charge >= 0.3 is 11.8 Å². The maximum Gasteiger partial charge on any atom is 0.312 e. The van der Waals surface area contributed by atoms with Crippen LogP contribution in [-0.4, -0.2) is 46.2 Å². The monoisotopic (exact) mass is 282 g/mol. The third kappa shape index (κ3) is 2.78. The van der Waals surface area contributed by atoms with Crippen LogP contribution in [0.15, 0.2) is 12.1 Å². The summed E-state index contributed by atoms with van der Waals surface area (Å²) in [5, 5.41) is 0.437.